The number of aryl methyl sites for hydroxylation is 1. The van der Waals surface area contributed by atoms with Crippen LogP contribution in [-0.2, 0) is 11.2 Å². The van der Waals surface area contributed by atoms with Crippen molar-refractivity contribution in [2.75, 3.05) is 13.1 Å². The van der Waals surface area contributed by atoms with Crippen LogP contribution in [0.5, 0.6) is 0 Å². The number of carbonyl (C=O) groups is 1. The Labute approximate surface area is 94.8 Å². The van der Waals surface area contributed by atoms with E-state index in [4.69, 9.17) is 4.52 Å². The average Bonchev–Trinajstić information content (AvgIpc) is 2.64. The van der Waals surface area contributed by atoms with Crippen LogP contribution in [-0.4, -0.2) is 34.0 Å². The molecule has 0 spiro atoms. The summed E-state index contributed by atoms with van der Waals surface area (Å²) in [6.07, 6.45) is 2.56. The molecule has 0 aromatic carbocycles. The summed E-state index contributed by atoms with van der Waals surface area (Å²) in [5, 5.41) is 3.74. The normalized spacial score (nSPS) is 21.1. The largest absolute Gasteiger partial charge is 0.342 e. The van der Waals surface area contributed by atoms with Crippen LogP contribution in [0.4, 0.5) is 0 Å². The van der Waals surface area contributed by atoms with E-state index in [-0.39, 0.29) is 12.3 Å². The van der Waals surface area contributed by atoms with Gasteiger partial charge in [-0.3, -0.25) is 4.79 Å². The van der Waals surface area contributed by atoms with E-state index in [0.29, 0.717) is 17.6 Å². The molecule has 1 aromatic heterocycles. The van der Waals surface area contributed by atoms with Gasteiger partial charge in [-0.05, 0) is 18.8 Å². The zero-order valence-electron chi connectivity index (χ0n) is 9.77. The smallest absolute Gasteiger partial charge is 0.230 e. The van der Waals surface area contributed by atoms with Gasteiger partial charge in [-0.1, -0.05) is 12.1 Å². The third-order valence-corrected chi connectivity index (χ3v) is 2.89. The molecule has 1 atom stereocenters. The molecule has 1 aliphatic heterocycles. The standard InChI is InChI=1S/C11H17N3O2/c1-8-4-3-5-14(7-8)11(15)6-10-12-9(2)16-13-10/h8H,3-7H2,1-2H3. The van der Waals surface area contributed by atoms with E-state index in [1.165, 1.54) is 6.42 Å². The Morgan fingerprint density at radius 2 is 2.44 bits per heavy atom. The monoisotopic (exact) mass is 223 g/mol. The van der Waals surface area contributed by atoms with Gasteiger partial charge in [0.1, 0.15) is 0 Å². The molecule has 1 aliphatic rings. The Bertz CT molecular complexity index is 375. The minimum atomic E-state index is 0.104. The number of hydrogen-bond acceptors (Lipinski definition) is 4. The van der Waals surface area contributed by atoms with Gasteiger partial charge in [0.2, 0.25) is 11.8 Å². The first kappa shape index (κ1) is 11.1. The number of amides is 1. The highest BCUT2D eigenvalue weighted by molar-refractivity contribution is 5.78. The first-order valence-electron chi connectivity index (χ1n) is 5.72. The van der Waals surface area contributed by atoms with Crippen molar-refractivity contribution in [2.24, 2.45) is 5.92 Å². The Hall–Kier alpha value is -1.39. The van der Waals surface area contributed by atoms with Crippen LogP contribution in [0.3, 0.4) is 0 Å². The van der Waals surface area contributed by atoms with Crippen molar-refractivity contribution in [3.05, 3.63) is 11.7 Å². The lowest BCUT2D eigenvalue weighted by Crippen LogP contribution is -2.40. The first-order chi connectivity index (χ1) is 7.65. The Balaban J connectivity index is 1.92. The Morgan fingerprint density at radius 3 is 3.06 bits per heavy atom. The number of nitrogens with zero attached hydrogens (tertiary/aromatic N) is 3. The number of carbonyl (C=O) groups excluding carboxylic acids is 1. The molecule has 16 heavy (non-hydrogen) atoms. The minimum Gasteiger partial charge on any atom is -0.342 e. The second-order valence-corrected chi connectivity index (χ2v) is 4.49. The average molecular weight is 223 g/mol. The molecule has 1 amide bonds. The molecular formula is C11H17N3O2. The maximum absolute atomic E-state index is 11.9. The van der Waals surface area contributed by atoms with Crippen molar-refractivity contribution in [3.8, 4) is 0 Å². The zero-order valence-corrected chi connectivity index (χ0v) is 9.77. The van der Waals surface area contributed by atoms with Gasteiger partial charge in [0, 0.05) is 20.0 Å². The van der Waals surface area contributed by atoms with Gasteiger partial charge in [-0.25, -0.2) is 0 Å². The maximum atomic E-state index is 11.9. The van der Waals surface area contributed by atoms with E-state index < -0.39 is 0 Å². The molecule has 0 aliphatic carbocycles. The fourth-order valence-electron chi connectivity index (χ4n) is 2.08. The Morgan fingerprint density at radius 1 is 1.62 bits per heavy atom. The summed E-state index contributed by atoms with van der Waals surface area (Å²) in [6, 6.07) is 0. The number of piperidine rings is 1. The lowest BCUT2D eigenvalue weighted by molar-refractivity contribution is -0.132. The van der Waals surface area contributed by atoms with Gasteiger partial charge in [-0.15, -0.1) is 0 Å². The molecule has 88 valence electrons. The molecule has 0 bridgehead atoms. The van der Waals surface area contributed by atoms with E-state index in [9.17, 15) is 4.79 Å². The van der Waals surface area contributed by atoms with Crippen molar-refractivity contribution >= 4 is 5.91 Å². The van der Waals surface area contributed by atoms with Crippen LogP contribution in [0.25, 0.3) is 0 Å². The van der Waals surface area contributed by atoms with Gasteiger partial charge >= 0.3 is 0 Å². The summed E-state index contributed by atoms with van der Waals surface area (Å²) in [7, 11) is 0. The van der Waals surface area contributed by atoms with E-state index in [1.54, 1.807) is 6.92 Å². The first-order valence-corrected chi connectivity index (χ1v) is 5.72. The summed E-state index contributed by atoms with van der Waals surface area (Å²) in [5.41, 5.74) is 0. The molecule has 0 saturated carbocycles. The van der Waals surface area contributed by atoms with Crippen LogP contribution >= 0.6 is 0 Å². The SMILES string of the molecule is Cc1nc(CC(=O)N2CCCC(C)C2)no1. The summed E-state index contributed by atoms with van der Waals surface area (Å²) in [5.74, 6) is 1.70. The zero-order chi connectivity index (χ0) is 11.5. The Kier molecular flexibility index (Phi) is 3.22. The van der Waals surface area contributed by atoms with Crippen molar-refractivity contribution in [1.29, 1.82) is 0 Å². The number of likely N-dealkylation sites (tertiary alicyclic amines) is 1. The highest BCUT2D eigenvalue weighted by atomic mass is 16.5. The van der Waals surface area contributed by atoms with Crippen molar-refractivity contribution < 1.29 is 9.32 Å². The van der Waals surface area contributed by atoms with E-state index >= 15 is 0 Å². The fraction of sp³-hybridized carbons (Fsp3) is 0.727. The van der Waals surface area contributed by atoms with Crippen LogP contribution in [0.1, 0.15) is 31.5 Å². The molecule has 5 heteroatoms. The van der Waals surface area contributed by atoms with Crippen LogP contribution < -0.4 is 0 Å². The summed E-state index contributed by atoms with van der Waals surface area (Å²) < 4.78 is 4.84. The second-order valence-electron chi connectivity index (χ2n) is 4.49. The lowest BCUT2D eigenvalue weighted by Gasteiger charge is -2.30. The number of rotatable bonds is 2. The summed E-state index contributed by atoms with van der Waals surface area (Å²) in [6.45, 7) is 5.62. The maximum Gasteiger partial charge on any atom is 0.230 e. The molecule has 1 unspecified atom stereocenters. The van der Waals surface area contributed by atoms with Crippen LogP contribution in [0.2, 0.25) is 0 Å². The van der Waals surface area contributed by atoms with Crippen molar-refractivity contribution in [1.82, 2.24) is 15.0 Å². The quantitative estimate of drug-likeness (QED) is 0.755. The van der Waals surface area contributed by atoms with Gasteiger partial charge in [0.15, 0.2) is 5.82 Å². The van der Waals surface area contributed by atoms with Crippen LogP contribution in [0.15, 0.2) is 4.52 Å². The van der Waals surface area contributed by atoms with E-state index in [2.05, 4.69) is 17.1 Å². The minimum absolute atomic E-state index is 0.104. The molecule has 2 rings (SSSR count). The van der Waals surface area contributed by atoms with Crippen LogP contribution in [0, 0.1) is 12.8 Å². The van der Waals surface area contributed by atoms with Gasteiger partial charge < -0.3 is 9.42 Å². The molecule has 1 fully saturated rings. The topological polar surface area (TPSA) is 59.2 Å². The lowest BCUT2D eigenvalue weighted by atomic mass is 10.00. The highest BCUT2D eigenvalue weighted by Gasteiger charge is 2.22. The van der Waals surface area contributed by atoms with Crippen molar-refractivity contribution in [3.63, 3.8) is 0 Å². The third kappa shape index (κ3) is 2.59. The molecule has 1 saturated heterocycles. The highest BCUT2D eigenvalue weighted by Crippen LogP contribution is 2.16. The van der Waals surface area contributed by atoms with Gasteiger partial charge in [-0.2, -0.15) is 4.98 Å². The van der Waals surface area contributed by atoms with E-state index in [1.807, 2.05) is 4.90 Å². The third-order valence-electron chi connectivity index (χ3n) is 2.89. The van der Waals surface area contributed by atoms with Gasteiger partial charge in [0.25, 0.3) is 0 Å². The molecular weight excluding hydrogens is 206 g/mol. The predicted octanol–water partition coefficient (Wildman–Crippen LogP) is 1.18. The van der Waals surface area contributed by atoms with Gasteiger partial charge in [0.05, 0.1) is 6.42 Å². The van der Waals surface area contributed by atoms with E-state index in [0.717, 1.165) is 19.5 Å². The molecule has 1 aromatic rings. The number of hydrogen-bond donors (Lipinski definition) is 0. The molecule has 0 radical (unpaired) electrons. The fourth-order valence-corrected chi connectivity index (χ4v) is 2.08. The second kappa shape index (κ2) is 4.63. The molecule has 5 nitrogen and oxygen atoms in total. The predicted molar refractivity (Wildman–Crippen MR) is 57.7 cm³/mol. The number of aromatic nitrogens is 2. The van der Waals surface area contributed by atoms with Crippen molar-refractivity contribution in [2.45, 2.75) is 33.1 Å². The summed E-state index contributed by atoms with van der Waals surface area (Å²) in [4.78, 5) is 17.9. The molecule has 2 heterocycles. The molecule has 0 N–H and O–H groups in total. The summed E-state index contributed by atoms with van der Waals surface area (Å²) >= 11 is 0.